The Morgan fingerprint density at radius 3 is 2.92 bits per heavy atom. The number of carbonyl (C=O) groups excluding carboxylic acids is 1. The van der Waals surface area contributed by atoms with E-state index in [1.165, 1.54) is 17.5 Å². The molecule has 1 fully saturated rings. The van der Waals surface area contributed by atoms with Crippen molar-refractivity contribution < 1.29 is 4.79 Å². The third-order valence-corrected chi connectivity index (χ3v) is 5.79. The number of carbonyl (C=O) groups is 1. The molecule has 3 heterocycles. The van der Waals surface area contributed by atoms with Crippen LogP contribution in [0, 0.1) is 5.92 Å². The summed E-state index contributed by atoms with van der Waals surface area (Å²) in [5, 5.41) is 3.43. The smallest absolute Gasteiger partial charge is 0.253 e. The highest BCUT2D eigenvalue weighted by Gasteiger charge is 2.26. The molecule has 0 radical (unpaired) electrons. The zero-order chi connectivity index (χ0) is 17.9. The molecule has 1 aromatic heterocycles. The number of likely N-dealkylation sites (tertiary alicyclic amines) is 1. The molecule has 0 bridgehead atoms. The number of rotatable bonds is 3. The standard InChI is InChI=1S/C21H28N4O/c1-24-12-10-23-20(24)13-16-3-2-11-25(15-16)21(26)19-5-4-17-6-8-22-9-7-18(17)14-19/h4-5,10,12,14,16,22H,2-3,6-9,11,13,15H2,1H3. The van der Waals surface area contributed by atoms with Crippen molar-refractivity contribution in [3.63, 3.8) is 0 Å². The summed E-state index contributed by atoms with van der Waals surface area (Å²) in [6.07, 6.45) is 9.11. The number of aryl methyl sites for hydroxylation is 1. The molecule has 5 heteroatoms. The second-order valence-corrected chi connectivity index (χ2v) is 7.65. The Bertz CT molecular complexity index is 782. The second-order valence-electron chi connectivity index (χ2n) is 7.65. The minimum atomic E-state index is 0.189. The monoisotopic (exact) mass is 352 g/mol. The Balaban J connectivity index is 1.45. The van der Waals surface area contributed by atoms with E-state index in [0.29, 0.717) is 5.92 Å². The highest BCUT2D eigenvalue weighted by atomic mass is 16.2. The van der Waals surface area contributed by atoms with Gasteiger partial charge in [-0.3, -0.25) is 4.79 Å². The average molecular weight is 352 g/mol. The first kappa shape index (κ1) is 17.3. The summed E-state index contributed by atoms with van der Waals surface area (Å²) in [5.41, 5.74) is 3.57. The molecule has 1 aromatic carbocycles. The van der Waals surface area contributed by atoms with Crippen molar-refractivity contribution in [2.75, 3.05) is 26.2 Å². The Labute approximate surface area is 155 Å². The summed E-state index contributed by atoms with van der Waals surface area (Å²) >= 11 is 0. The molecule has 2 aliphatic heterocycles. The lowest BCUT2D eigenvalue weighted by Crippen LogP contribution is -2.40. The number of hydrogen-bond acceptors (Lipinski definition) is 3. The van der Waals surface area contributed by atoms with Gasteiger partial charge in [0.1, 0.15) is 5.82 Å². The molecule has 138 valence electrons. The number of benzene rings is 1. The molecular weight excluding hydrogens is 324 g/mol. The largest absolute Gasteiger partial charge is 0.338 e. The average Bonchev–Trinajstić information content (AvgIpc) is 2.93. The maximum Gasteiger partial charge on any atom is 0.253 e. The van der Waals surface area contributed by atoms with Crippen molar-refractivity contribution in [2.24, 2.45) is 13.0 Å². The van der Waals surface area contributed by atoms with Crippen molar-refractivity contribution in [3.8, 4) is 0 Å². The number of nitrogens with one attached hydrogen (secondary N) is 1. The molecule has 5 nitrogen and oxygen atoms in total. The first-order valence-electron chi connectivity index (χ1n) is 9.78. The minimum Gasteiger partial charge on any atom is -0.338 e. The Hall–Kier alpha value is -2.14. The predicted octanol–water partition coefficient (Wildman–Crippen LogP) is 2.20. The van der Waals surface area contributed by atoms with E-state index < -0.39 is 0 Å². The molecule has 1 atom stereocenters. The molecule has 0 spiro atoms. The maximum absolute atomic E-state index is 13.1. The lowest BCUT2D eigenvalue weighted by atomic mass is 9.93. The van der Waals surface area contributed by atoms with E-state index in [4.69, 9.17) is 0 Å². The van der Waals surface area contributed by atoms with Crippen molar-refractivity contribution in [3.05, 3.63) is 53.1 Å². The topological polar surface area (TPSA) is 50.2 Å². The number of hydrogen-bond donors (Lipinski definition) is 1. The van der Waals surface area contributed by atoms with Crippen LogP contribution in [-0.4, -0.2) is 46.5 Å². The van der Waals surface area contributed by atoms with Gasteiger partial charge in [0.15, 0.2) is 0 Å². The van der Waals surface area contributed by atoms with E-state index in [-0.39, 0.29) is 5.91 Å². The molecule has 2 aromatic rings. The maximum atomic E-state index is 13.1. The molecule has 0 saturated carbocycles. The van der Waals surface area contributed by atoms with E-state index in [2.05, 4.69) is 27.0 Å². The highest BCUT2D eigenvalue weighted by molar-refractivity contribution is 5.94. The fourth-order valence-electron chi connectivity index (χ4n) is 4.26. The zero-order valence-corrected chi connectivity index (χ0v) is 15.6. The molecule has 1 amide bonds. The van der Waals surface area contributed by atoms with Crippen LogP contribution >= 0.6 is 0 Å². The van der Waals surface area contributed by atoms with E-state index in [1.54, 1.807) is 0 Å². The summed E-state index contributed by atoms with van der Waals surface area (Å²) in [4.78, 5) is 19.6. The van der Waals surface area contributed by atoms with Gasteiger partial charge < -0.3 is 14.8 Å². The first-order valence-corrected chi connectivity index (χ1v) is 9.78. The van der Waals surface area contributed by atoms with E-state index in [9.17, 15) is 4.79 Å². The Morgan fingerprint density at radius 2 is 2.12 bits per heavy atom. The van der Waals surface area contributed by atoms with Crippen LogP contribution in [0.4, 0.5) is 0 Å². The van der Waals surface area contributed by atoms with Crippen LogP contribution in [-0.2, 0) is 26.3 Å². The predicted molar refractivity (Wildman–Crippen MR) is 102 cm³/mol. The number of aromatic nitrogens is 2. The molecule has 4 rings (SSSR count). The molecule has 1 N–H and O–H groups in total. The fourth-order valence-corrected chi connectivity index (χ4v) is 4.26. The molecule has 26 heavy (non-hydrogen) atoms. The first-order chi connectivity index (χ1) is 12.7. The third-order valence-electron chi connectivity index (χ3n) is 5.79. The van der Waals surface area contributed by atoms with Gasteiger partial charge in [0.25, 0.3) is 5.91 Å². The zero-order valence-electron chi connectivity index (χ0n) is 15.6. The summed E-state index contributed by atoms with van der Waals surface area (Å²) in [6.45, 7) is 3.74. The van der Waals surface area contributed by atoms with Crippen molar-refractivity contribution in [1.82, 2.24) is 19.8 Å². The fraction of sp³-hybridized carbons (Fsp3) is 0.524. The van der Waals surface area contributed by atoms with Gasteiger partial charge in [0.05, 0.1) is 0 Å². The summed E-state index contributed by atoms with van der Waals surface area (Å²) < 4.78 is 2.08. The van der Waals surface area contributed by atoms with Crippen LogP contribution in [0.1, 0.15) is 40.2 Å². The number of nitrogens with zero attached hydrogens (tertiary/aromatic N) is 3. The highest BCUT2D eigenvalue weighted by Crippen LogP contribution is 2.23. The number of piperidine rings is 1. The van der Waals surface area contributed by atoms with Crippen LogP contribution in [0.3, 0.4) is 0 Å². The van der Waals surface area contributed by atoms with Gasteiger partial charge >= 0.3 is 0 Å². The van der Waals surface area contributed by atoms with Crippen LogP contribution < -0.4 is 5.32 Å². The number of fused-ring (bicyclic) bond motifs is 1. The quantitative estimate of drug-likeness (QED) is 0.921. The minimum absolute atomic E-state index is 0.189. The van der Waals surface area contributed by atoms with Gasteiger partial charge in [0.2, 0.25) is 0 Å². The Kier molecular flexibility index (Phi) is 5.07. The van der Waals surface area contributed by atoms with Gasteiger partial charge in [-0.1, -0.05) is 6.07 Å². The van der Waals surface area contributed by atoms with Crippen molar-refractivity contribution >= 4 is 5.91 Å². The van der Waals surface area contributed by atoms with Gasteiger partial charge in [-0.25, -0.2) is 4.98 Å². The van der Waals surface area contributed by atoms with E-state index in [1.807, 2.05) is 30.4 Å². The van der Waals surface area contributed by atoms with Gasteiger partial charge in [-0.15, -0.1) is 0 Å². The summed E-state index contributed by atoms with van der Waals surface area (Å²) in [5.74, 6) is 1.80. The normalized spacial score (nSPS) is 20.5. The molecule has 1 unspecified atom stereocenters. The van der Waals surface area contributed by atoms with Gasteiger partial charge in [-0.2, -0.15) is 0 Å². The van der Waals surface area contributed by atoms with Gasteiger partial charge in [0, 0.05) is 44.5 Å². The lowest BCUT2D eigenvalue weighted by molar-refractivity contribution is 0.0671. The lowest BCUT2D eigenvalue weighted by Gasteiger charge is -2.33. The third kappa shape index (κ3) is 3.68. The second kappa shape index (κ2) is 7.62. The van der Waals surface area contributed by atoms with Crippen LogP contribution in [0.15, 0.2) is 30.6 Å². The molecule has 0 aliphatic carbocycles. The van der Waals surface area contributed by atoms with Crippen LogP contribution in [0.5, 0.6) is 0 Å². The molecule has 2 aliphatic rings. The van der Waals surface area contributed by atoms with Crippen LogP contribution in [0.2, 0.25) is 0 Å². The Morgan fingerprint density at radius 1 is 1.27 bits per heavy atom. The van der Waals surface area contributed by atoms with E-state index in [0.717, 1.165) is 63.3 Å². The van der Waals surface area contributed by atoms with E-state index >= 15 is 0 Å². The molecular formula is C21H28N4O. The van der Waals surface area contributed by atoms with Crippen molar-refractivity contribution in [2.45, 2.75) is 32.1 Å². The van der Waals surface area contributed by atoms with Gasteiger partial charge in [-0.05, 0) is 68.0 Å². The summed E-state index contributed by atoms with van der Waals surface area (Å²) in [7, 11) is 2.04. The van der Waals surface area contributed by atoms with Crippen molar-refractivity contribution in [1.29, 1.82) is 0 Å². The molecule has 1 saturated heterocycles. The number of amides is 1. The van der Waals surface area contributed by atoms with Crippen LogP contribution in [0.25, 0.3) is 0 Å². The SMILES string of the molecule is Cn1ccnc1CC1CCCN(C(=O)c2ccc3c(c2)CCNCC3)C1. The summed E-state index contributed by atoms with van der Waals surface area (Å²) in [6, 6.07) is 6.31. The number of imidazole rings is 1.